The monoisotopic (exact) mass is 252 g/mol. The first-order chi connectivity index (χ1) is 8.34. The van der Waals surface area contributed by atoms with Gasteiger partial charge in [-0.25, -0.2) is 0 Å². The summed E-state index contributed by atoms with van der Waals surface area (Å²) in [5.74, 6) is 0.959. The van der Waals surface area contributed by atoms with Crippen molar-refractivity contribution in [3.05, 3.63) is 22.4 Å². The number of hydrogen-bond donors (Lipinski definition) is 1. The van der Waals surface area contributed by atoms with Gasteiger partial charge in [0.1, 0.15) is 0 Å². The maximum absolute atomic E-state index is 3.43. The molecular weight excluding hydrogens is 228 g/mol. The van der Waals surface area contributed by atoms with Gasteiger partial charge in [-0.1, -0.05) is 6.07 Å². The van der Waals surface area contributed by atoms with Crippen LogP contribution in [0.2, 0.25) is 0 Å². The fourth-order valence-corrected chi connectivity index (χ4v) is 3.14. The van der Waals surface area contributed by atoms with Crippen molar-refractivity contribution in [2.75, 3.05) is 33.2 Å². The summed E-state index contributed by atoms with van der Waals surface area (Å²) in [5, 5.41) is 5.60. The SMILES string of the molecule is CN(CCc1cccs1)CCC1CCNCC1. The van der Waals surface area contributed by atoms with Gasteiger partial charge in [0.05, 0.1) is 0 Å². The molecule has 3 heteroatoms. The molecule has 0 atom stereocenters. The molecule has 1 aromatic heterocycles. The van der Waals surface area contributed by atoms with Gasteiger partial charge in [-0.2, -0.15) is 0 Å². The number of likely N-dealkylation sites (N-methyl/N-ethyl adjacent to an activating group) is 1. The molecule has 1 aliphatic heterocycles. The van der Waals surface area contributed by atoms with E-state index in [1.807, 2.05) is 11.3 Å². The van der Waals surface area contributed by atoms with Gasteiger partial charge in [-0.15, -0.1) is 11.3 Å². The third-order valence-electron chi connectivity index (χ3n) is 3.70. The van der Waals surface area contributed by atoms with E-state index in [9.17, 15) is 0 Å². The molecule has 17 heavy (non-hydrogen) atoms. The van der Waals surface area contributed by atoms with E-state index in [1.54, 1.807) is 0 Å². The molecule has 2 nitrogen and oxygen atoms in total. The molecule has 1 aliphatic rings. The fourth-order valence-electron chi connectivity index (χ4n) is 2.44. The van der Waals surface area contributed by atoms with E-state index in [-0.39, 0.29) is 0 Å². The number of rotatable bonds is 6. The summed E-state index contributed by atoms with van der Waals surface area (Å²) in [6.07, 6.45) is 5.33. The second kappa shape index (κ2) is 7.14. The van der Waals surface area contributed by atoms with Crippen LogP contribution in [0.5, 0.6) is 0 Å². The Morgan fingerprint density at radius 3 is 2.88 bits per heavy atom. The highest BCUT2D eigenvalue weighted by atomic mass is 32.1. The van der Waals surface area contributed by atoms with Crippen molar-refractivity contribution in [1.29, 1.82) is 0 Å². The highest BCUT2D eigenvalue weighted by molar-refractivity contribution is 7.09. The molecule has 0 unspecified atom stereocenters. The minimum absolute atomic E-state index is 0.959. The van der Waals surface area contributed by atoms with Crippen molar-refractivity contribution in [3.8, 4) is 0 Å². The Balaban J connectivity index is 1.58. The van der Waals surface area contributed by atoms with Crippen LogP contribution >= 0.6 is 11.3 Å². The van der Waals surface area contributed by atoms with Crippen molar-refractivity contribution < 1.29 is 0 Å². The summed E-state index contributed by atoms with van der Waals surface area (Å²) in [4.78, 5) is 4.00. The van der Waals surface area contributed by atoms with Crippen LogP contribution in [0.4, 0.5) is 0 Å². The van der Waals surface area contributed by atoms with E-state index in [4.69, 9.17) is 0 Å². The molecule has 0 radical (unpaired) electrons. The quantitative estimate of drug-likeness (QED) is 0.837. The Kier molecular flexibility index (Phi) is 5.49. The Morgan fingerprint density at radius 1 is 1.35 bits per heavy atom. The Bertz CT molecular complexity index is 291. The zero-order chi connectivity index (χ0) is 11.9. The molecule has 1 fully saturated rings. The zero-order valence-corrected chi connectivity index (χ0v) is 11.6. The second-order valence-corrected chi connectivity index (χ2v) is 6.15. The fraction of sp³-hybridized carbons (Fsp3) is 0.714. The van der Waals surface area contributed by atoms with Crippen LogP contribution < -0.4 is 5.32 Å². The molecule has 0 aromatic carbocycles. The van der Waals surface area contributed by atoms with Crippen molar-refractivity contribution in [2.45, 2.75) is 25.7 Å². The first-order valence-corrected chi connectivity index (χ1v) is 7.64. The maximum atomic E-state index is 3.43. The van der Waals surface area contributed by atoms with Crippen LogP contribution in [0.25, 0.3) is 0 Å². The lowest BCUT2D eigenvalue weighted by molar-refractivity contribution is 0.273. The van der Waals surface area contributed by atoms with Crippen LogP contribution in [0.1, 0.15) is 24.1 Å². The van der Waals surface area contributed by atoms with Crippen LogP contribution in [0, 0.1) is 5.92 Å². The first kappa shape index (κ1) is 13.1. The van der Waals surface area contributed by atoms with E-state index >= 15 is 0 Å². The maximum Gasteiger partial charge on any atom is 0.00579 e. The molecular formula is C14H24N2S. The number of thiophene rings is 1. The average Bonchev–Trinajstić information content (AvgIpc) is 2.88. The average molecular weight is 252 g/mol. The third-order valence-corrected chi connectivity index (χ3v) is 4.63. The highest BCUT2D eigenvalue weighted by Crippen LogP contribution is 2.16. The zero-order valence-electron chi connectivity index (χ0n) is 10.8. The molecule has 0 spiro atoms. The van der Waals surface area contributed by atoms with Gasteiger partial charge in [0.25, 0.3) is 0 Å². The molecule has 96 valence electrons. The van der Waals surface area contributed by atoms with Gasteiger partial charge >= 0.3 is 0 Å². The van der Waals surface area contributed by atoms with Gasteiger partial charge in [-0.05, 0) is 69.7 Å². The second-order valence-electron chi connectivity index (χ2n) is 5.11. The summed E-state index contributed by atoms with van der Waals surface area (Å²) in [6, 6.07) is 4.39. The molecule has 1 saturated heterocycles. The van der Waals surface area contributed by atoms with E-state index in [2.05, 4.69) is 34.8 Å². The highest BCUT2D eigenvalue weighted by Gasteiger charge is 2.13. The van der Waals surface area contributed by atoms with Crippen molar-refractivity contribution in [2.24, 2.45) is 5.92 Å². The van der Waals surface area contributed by atoms with Crippen molar-refractivity contribution in [1.82, 2.24) is 10.2 Å². The summed E-state index contributed by atoms with van der Waals surface area (Å²) in [5.41, 5.74) is 0. The standard InChI is InChI=1S/C14H24N2S/c1-16(11-7-14-3-2-12-17-14)10-6-13-4-8-15-9-5-13/h2-3,12-13,15H,4-11H2,1H3. The summed E-state index contributed by atoms with van der Waals surface area (Å²) < 4.78 is 0. The number of piperidine rings is 1. The van der Waals surface area contributed by atoms with Gasteiger partial charge in [0.15, 0.2) is 0 Å². The third kappa shape index (κ3) is 4.78. The minimum atomic E-state index is 0.959. The van der Waals surface area contributed by atoms with Gasteiger partial charge in [0.2, 0.25) is 0 Å². The Morgan fingerprint density at radius 2 is 2.18 bits per heavy atom. The van der Waals surface area contributed by atoms with Gasteiger partial charge in [-0.3, -0.25) is 0 Å². The number of nitrogens with one attached hydrogen (secondary N) is 1. The van der Waals surface area contributed by atoms with E-state index in [1.165, 1.54) is 56.7 Å². The van der Waals surface area contributed by atoms with Crippen LogP contribution in [-0.4, -0.2) is 38.1 Å². The number of nitrogens with zero attached hydrogens (tertiary/aromatic N) is 1. The Labute approximate surface area is 109 Å². The van der Waals surface area contributed by atoms with Crippen LogP contribution in [0.3, 0.4) is 0 Å². The van der Waals surface area contributed by atoms with Gasteiger partial charge in [0, 0.05) is 11.4 Å². The normalized spacial score (nSPS) is 17.8. The molecule has 2 rings (SSSR count). The Hall–Kier alpha value is -0.380. The smallest absolute Gasteiger partial charge is 0.00579 e. The minimum Gasteiger partial charge on any atom is -0.317 e. The van der Waals surface area contributed by atoms with Gasteiger partial charge < -0.3 is 10.2 Å². The predicted molar refractivity (Wildman–Crippen MR) is 75.7 cm³/mol. The van der Waals surface area contributed by atoms with Crippen LogP contribution in [-0.2, 0) is 6.42 Å². The molecule has 0 saturated carbocycles. The topological polar surface area (TPSA) is 15.3 Å². The largest absolute Gasteiger partial charge is 0.317 e. The lowest BCUT2D eigenvalue weighted by atomic mass is 9.94. The van der Waals surface area contributed by atoms with E-state index in [0.717, 1.165) is 5.92 Å². The molecule has 0 amide bonds. The summed E-state index contributed by atoms with van der Waals surface area (Å²) in [6.45, 7) is 4.91. The van der Waals surface area contributed by atoms with Crippen molar-refractivity contribution >= 4 is 11.3 Å². The number of hydrogen-bond acceptors (Lipinski definition) is 3. The molecule has 1 aromatic rings. The predicted octanol–water partition coefficient (Wildman–Crippen LogP) is 2.61. The first-order valence-electron chi connectivity index (χ1n) is 6.76. The molecule has 0 aliphatic carbocycles. The van der Waals surface area contributed by atoms with Crippen LogP contribution in [0.15, 0.2) is 17.5 Å². The lowest BCUT2D eigenvalue weighted by Crippen LogP contribution is -2.30. The molecule has 2 heterocycles. The van der Waals surface area contributed by atoms with E-state index in [0.29, 0.717) is 0 Å². The van der Waals surface area contributed by atoms with E-state index < -0.39 is 0 Å². The molecule has 1 N–H and O–H groups in total. The van der Waals surface area contributed by atoms with Crippen molar-refractivity contribution in [3.63, 3.8) is 0 Å². The molecule has 0 bridgehead atoms. The summed E-state index contributed by atoms with van der Waals surface area (Å²) >= 11 is 1.88. The lowest BCUT2D eigenvalue weighted by Gasteiger charge is -2.25. The summed E-state index contributed by atoms with van der Waals surface area (Å²) in [7, 11) is 2.26.